The Morgan fingerprint density at radius 2 is 1.51 bits per heavy atom. The Morgan fingerprint density at radius 1 is 0.851 bits per heavy atom. The van der Waals surface area contributed by atoms with Crippen LogP contribution >= 0.6 is 0 Å². The Balaban J connectivity index is 1.12. The Kier molecular flexibility index (Phi) is 8.52. The molecule has 0 saturated carbocycles. The van der Waals surface area contributed by atoms with Gasteiger partial charge in [-0.25, -0.2) is 0 Å². The summed E-state index contributed by atoms with van der Waals surface area (Å²) in [6, 6.07) is 35.1. The van der Waals surface area contributed by atoms with Gasteiger partial charge in [-0.3, -0.25) is 14.5 Å². The molecule has 0 unspecified atom stereocenters. The number of rotatable bonds is 9. The number of anilines is 3. The van der Waals surface area contributed by atoms with Crippen LogP contribution in [0.5, 0.6) is 5.75 Å². The molecule has 6 heteroatoms. The molecule has 2 saturated heterocycles. The zero-order valence-corrected chi connectivity index (χ0v) is 26.8. The lowest BCUT2D eigenvalue weighted by atomic mass is 9.67. The zero-order chi connectivity index (χ0) is 32.5. The van der Waals surface area contributed by atoms with E-state index in [9.17, 15) is 14.7 Å². The minimum Gasteiger partial charge on any atom is -0.508 e. The van der Waals surface area contributed by atoms with Crippen molar-refractivity contribution in [2.75, 3.05) is 16.8 Å². The fourth-order valence-corrected chi connectivity index (χ4v) is 7.61. The van der Waals surface area contributed by atoms with E-state index in [4.69, 9.17) is 4.74 Å². The van der Waals surface area contributed by atoms with Gasteiger partial charge in [0.25, 0.3) is 0 Å². The van der Waals surface area contributed by atoms with Gasteiger partial charge in [0.2, 0.25) is 11.8 Å². The van der Waals surface area contributed by atoms with Crippen LogP contribution in [0, 0.1) is 23.7 Å². The van der Waals surface area contributed by atoms with Gasteiger partial charge in [0.05, 0.1) is 30.2 Å². The largest absolute Gasteiger partial charge is 0.508 e. The summed E-state index contributed by atoms with van der Waals surface area (Å²) in [6.07, 6.45) is 4.23. The van der Waals surface area contributed by atoms with Gasteiger partial charge in [0, 0.05) is 17.3 Å². The monoisotopic (exact) mass is 624 g/mol. The third-order valence-corrected chi connectivity index (χ3v) is 9.88. The molecule has 4 atom stereocenters. The van der Waals surface area contributed by atoms with E-state index in [1.807, 2.05) is 84.9 Å². The number of nitrogens with one attached hydrogen (secondary N) is 1. The molecular weight excluding hydrogens is 584 g/mol. The Morgan fingerprint density at radius 3 is 2.19 bits per heavy atom. The number of carbonyl (C=O) groups excluding carboxylic acids is 2. The summed E-state index contributed by atoms with van der Waals surface area (Å²) in [5.74, 6) is -0.603. The molecule has 7 rings (SSSR count). The summed E-state index contributed by atoms with van der Waals surface area (Å²) in [4.78, 5) is 29.5. The smallest absolute Gasteiger partial charge is 0.238 e. The highest BCUT2D eigenvalue weighted by atomic mass is 16.5. The van der Waals surface area contributed by atoms with Crippen LogP contribution in [0.3, 0.4) is 0 Å². The zero-order valence-electron chi connectivity index (χ0n) is 26.8. The third-order valence-electron chi connectivity index (χ3n) is 9.88. The number of aromatic hydroxyl groups is 1. The molecule has 2 fully saturated rings. The van der Waals surface area contributed by atoms with E-state index in [1.54, 1.807) is 12.1 Å². The summed E-state index contributed by atoms with van der Waals surface area (Å²) in [7, 11) is 0. The Hall–Kier alpha value is -4.94. The summed E-state index contributed by atoms with van der Waals surface area (Å²) < 4.78 is 6.53. The van der Waals surface area contributed by atoms with Crippen molar-refractivity contribution in [1.29, 1.82) is 0 Å². The SMILES string of the molecule is CC(C)C1=C2[C@@H](CC/C(=C/c3ccc(O)cc3)c3ccccc3)OC[C@@H]2[C@@H]2C(=O)N(c3ccc(Nc4ccccc4)cc3)C(=O)[C@@H]2C1. The highest BCUT2D eigenvalue weighted by molar-refractivity contribution is 6.22. The molecule has 1 aliphatic carbocycles. The van der Waals surface area contributed by atoms with Crippen LogP contribution in [0.25, 0.3) is 11.6 Å². The van der Waals surface area contributed by atoms with Crippen molar-refractivity contribution in [2.45, 2.75) is 39.2 Å². The maximum absolute atomic E-state index is 14.1. The van der Waals surface area contributed by atoms with Gasteiger partial charge >= 0.3 is 0 Å². The molecule has 2 heterocycles. The van der Waals surface area contributed by atoms with Crippen molar-refractivity contribution in [3.8, 4) is 5.75 Å². The quantitative estimate of drug-likeness (QED) is 0.111. The summed E-state index contributed by atoms with van der Waals surface area (Å²) >= 11 is 0. The highest BCUT2D eigenvalue weighted by Gasteiger charge is 2.57. The first-order valence-electron chi connectivity index (χ1n) is 16.6. The predicted molar refractivity (Wildman–Crippen MR) is 187 cm³/mol. The number of carbonyl (C=O) groups is 2. The molecule has 3 aliphatic rings. The second-order valence-electron chi connectivity index (χ2n) is 13.1. The van der Waals surface area contributed by atoms with Crippen LogP contribution in [0.2, 0.25) is 0 Å². The first-order chi connectivity index (χ1) is 22.9. The van der Waals surface area contributed by atoms with Crippen molar-refractivity contribution >= 4 is 40.5 Å². The summed E-state index contributed by atoms with van der Waals surface area (Å²) in [5, 5.41) is 13.2. The van der Waals surface area contributed by atoms with Crippen LogP contribution in [0.1, 0.15) is 44.2 Å². The molecule has 0 aromatic heterocycles. The fourth-order valence-electron chi connectivity index (χ4n) is 7.61. The predicted octanol–water partition coefficient (Wildman–Crippen LogP) is 8.63. The molecule has 2 N–H and O–H groups in total. The number of imide groups is 1. The van der Waals surface area contributed by atoms with Crippen molar-refractivity contribution in [1.82, 2.24) is 0 Å². The number of benzene rings is 4. The number of allylic oxidation sites excluding steroid dienone is 2. The lowest BCUT2D eigenvalue weighted by molar-refractivity contribution is -0.122. The van der Waals surface area contributed by atoms with E-state index in [-0.39, 0.29) is 41.4 Å². The van der Waals surface area contributed by atoms with Crippen LogP contribution in [-0.4, -0.2) is 29.6 Å². The summed E-state index contributed by atoms with van der Waals surface area (Å²) in [5.41, 5.74) is 8.35. The van der Waals surface area contributed by atoms with E-state index in [2.05, 4.69) is 37.4 Å². The van der Waals surface area contributed by atoms with Gasteiger partial charge in [0.15, 0.2) is 0 Å². The third kappa shape index (κ3) is 6.13. The van der Waals surface area contributed by atoms with Gasteiger partial charge in [-0.2, -0.15) is 0 Å². The number of phenolic OH excluding ortho intramolecular Hbond substituents is 1. The average Bonchev–Trinajstić information content (AvgIpc) is 3.62. The standard InChI is InChI=1S/C41H40N2O4/c1-26(2)34-24-35-39(41(46)43(40(35)45)32-18-16-31(17-19-32)42-30-11-7-4-8-12-30)36-25-47-37(38(34)36)22-15-29(28-9-5-3-6-10-28)23-27-13-20-33(44)21-14-27/h3-14,16-21,23,26,35-37,39,42,44H,15,22,24-25H2,1-2H3/b29-23-/t35-,36+,37-,39-/m1/s1. The molecule has 47 heavy (non-hydrogen) atoms. The number of ether oxygens (including phenoxy) is 1. The van der Waals surface area contributed by atoms with Crippen molar-refractivity contribution in [3.05, 3.63) is 131 Å². The number of amides is 2. The minimum atomic E-state index is -0.409. The van der Waals surface area contributed by atoms with Crippen LogP contribution in [0.15, 0.2) is 120 Å². The van der Waals surface area contributed by atoms with E-state index >= 15 is 0 Å². The fraction of sp³-hybridized carbons (Fsp3) is 0.268. The van der Waals surface area contributed by atoms with Crippen molar-refractivity contribution in [3.63, 3.8) is 0 Å². The molecule has 4 aromatic rings. The first-order valence-corrected chi connectivity index (χ1v) is 16.6. The molecule has 0 bridgehead atoms. The van der Waals surface area contributed by atoms with Crippen LogP contribution in [-0.2, 0) is 14.3 Å². The van der Waals surface area contributed by atoms with Gasteiger partial charge in [-0.1, -0.05) is 86.2 Å². The van der Waals surface area contributed by atoms with E-state index < -0.39 is 5.92 Å². The average molecular weight is 625 g/mol. The van der Waals surface area contributed by atoms with E-state index in [0.29, 0.717) is 18.7 Å². The molecule has 2 amide bonds. The van der Waals surface area contributed by atoms with E-state index in [1.165, 1.54) is 21.6 Å². The van der Waals surface area contributed by atoms with Gasteiger partial charge in [-0.15, -0.1) is 0 Å². The lowest BCUT2D eigenvalue weighted by Crippen LogP contribution is -2.35. The minimum absolute atomic E-state index is 0.0992. The maximum atomic E-state index is 14.1. The number of phenols is 1. The normalized spacial score (nSPS) is 22.5. The summed E-state index contributed by atoms with van der Waals surface area (Å²) in [6.45, 7) is 4.83. The van der Waals surface area contributed by atoms with Gasteiger partial charge < -0.3 is 15.2 Å². The van der Waals surface area contributed by atoms with Gasteiger partial charge in [0.1, 0.15) is 5.75 Å². The Labute approximate surface area is 276 Å². The number of hydrogen-bond donors (Lipinski definition) is 2. The molecule has 0 spiro atoms. The lowest BCUT2D eigenvalue weighted by Gasteiger charge is -2.33. The van der Waals surface area contributed by atoms with Crippen LogP contribution < -0.4 is 10.2 Å². The first kappa shape index (κ1) is 30.7. The molecule has 0 radical (unpaired) electrons. The number of nitrogens with zero attached hydrogens (tertiary/aromatic N) is 1. The number of fused-ring (bicyclic) bond motifs is 3. The van der Waals surface area contributed by atoms with Crippen molar-refractivity contribution < 1.29 is 19.4 Å². The second-order valence-corrected chi connectivity index (χ2v) is 13.1. The van der Waals surface area contributed by atoms with Crippen molar-refractivity contribution in [2.24, 2.45) is 23.7 Å². The molecule has 2 aliphatic heterocycles. The highest BCUT2D eigenvalue weighted by Crippen LogP contribution is 2.52. The Bertz CT molecular complexity index is 1810. The molecular formula is C41H40N2O4. The number of hydrogen-bond acceptors (Lipinski definition) is 5. The molecule has 6 nitrogen and oxygen atoms in total. The topological polar surface area (TPSA) is 78.9 Å². The maximum Gasteiger partial charge on any atom is 0.238 e. The number of para-hydroxylation sites is 1. The van der Waals surface area contributed by atoms with E-state index in [0.717, 1.165) is 35.3 Å². The van der Waals surface area contributed by atoms with Gasteiger partial charge in [-0.05, 0) is 96.0 Å². The second kappa shape index (κ2) is 13.0. The van der Waals surface area contributed by atoms with Crippen LogP contribution in [0.4, 0.5) is 17.1 Å². The molecule has 4 aromatic carbocycles. The molecule has 238 valence electrons.